The van der Waals surface area contributed by atoms with Gasteiger partial charge >= 0.3 is 0 Å². The minimum atomic E-state index is -1.22. The summed E-state index contributed by atoms with van der Waals surface area (Å²) in [5.74, 6) is 0.511. The zero-order valence-electron chi connectivity index (χ0n) is 15.0. The summed E-state index contributed by atoms with van der Waals surface area (Å²) in [6.07, 6.45) is 0.917. The molecule has 1 aliphatic heterocycles. The van der Waals surface area contributed by atoms with E-state index in [1.165, 1.54) is 22.7 Å². The molecule has 2 aromatic rings. The Morgan fingerprint density at radius 1 is 1.33 bits per heavy atom. The van der Waals surface area contributed by atoms with Gasteiger partial charge in [0.1, 0.15) is 18.3 Å². The van der Waals surface area contributed by atoms with Gasteiger partial charge in [-0.05, 0) is 13.2 Å². The van der Waals surface area contributed by atoms with Gasteiger partial charge in [-0.2, -0.15) is 0 Å². The van der Waals surface area contributed by atoms with Crippen LogP contribution in [0, 0.1) is 0 Å². The van der Waals surface area contributed by atoms with Gasteiger partial charge in [0.25, 0.3) is 0 Å². The van der Waals surface area contributed by atoms with Crippen LogP contribution in [-0.4, -0.2) is 84.3 Å². The Morgan fingerprint density at radius 2 is 2.11 bits per heavy atom. The Morgan fingerprint density at radius 3 is 2.74 bits per heavy atom. The van der Waals surface area contributed by atoms with Gasteiger partial charge in [-0.25, -0.2) is 15.0 Å². The van der Waals surface area contributed by atoms with Gasteiger partial charge in [-0.3, -0.25) is 4.57 Å². The second kappa shape index (κ2) is 8.50. The largest absolute Gasteiger partial charge is 0.394 e. The van der Waals surface area contributed by atoms with E-state index in [0.717, 1.165) is 5.57 Å². The van der Waals surface area contributed by atoms with Crippen molar-refractivity contribution in [2.24, 2.45) is 0 Å². The van der Waals surface area contributed by atoms with E-state index in [0.29, 0.717) is 28.7 Å². The number of rotatable bonds is 7. The van der Waals surface area contributed by atoms with Crippen LogP contribution in [-0.2, 0) is 4.74 Å². The van der Waals surface area contributed by atoms with Crippen LogP contribution < -0.4 is 5.32 Å². The molecule has 0 saturated carbocycles. The summed E-state index contributed by atoms with van der Waals surface area (Å²) >= 11 is 1.35. The zero-order chi connectivity index (χ0) is 19.6. The Hall–Kier alpha value is -1.76. The van der Waals surface area contributed by atoms with Crippen molar-refractivity contribution in [1.82, 2.24) is 19.5 Å². The number of nitrogens with zero attached hydrogens (tertiary/aromatic N) is 4. The number of thioether (sulfide) groups is 1. The van der Waals surface area contributed by atoms with Crippen LogP contribution in [0.25, 0.3) is 11.2 Å². The Bertz CT molecular complexity index is 829. The summed E-state index contributed by atoms with van der Waals surface area (Å²) in [5.41, 5.74) is 1.75. The molecule has 1 saturated heterocycles. The molecule has 10 nitrogen and oxygen atoms in total. The third kappa shape index (κ3) is 3.93. The van der Waals surface area contributed by atoms with Crippen molar-refractivity contribution >= 4 is 28.7 Å². The number of hydrogen-bond donors (Lipinski definition) is 5. The van der Waals surface area contributed by atoms with Crippen LogP contribution in [0.4, 0.5) is 5.82 Å². The molecule has 0 aliphatic carbocycles. The first-order valence-corrected chi connectivity index (χ1v) is 9.64. The summed E-state index contributed by atoms with van der Waals surface area (Å²) in [6.45, 7) is 1.85. The third-order valence-corrected chi connectivity index (χ3v) is 4.89. The lowest BCUT2D eigenvalue weighted by atomic mass is 10.1. The first-order valence-electron chi connectivity index (χ1n) is 8.41. The summed E-state index contributed by atoms with van der Waals surface area (Å²) in [5, 5.41) is 42.3. The molecule has 0 radical (unpaired) electrons. The van der Waals surface area contributed by atoms with Crippen molar-refractivity contribution in [3.8, 4) is 0 Å². The average molecular weight is 397 g/mol. The fourth-order valence-electron chi connectivity index (χ4n) is 2.79. The number of aromatic nitrogens is 4. The second-order valence-corrected chi connectivity index (χ2v) is 6.97. The predicted molar refractivity (Wildman–Crippen MR) is 99.4 cm³/mol. The van der Waals surface area contributed by atoms with Crippen molar-refractivity contribution in [2.45, 2.75) is 36.6 Å². The van der Waals surface area contributed by atoms with Crippen LogP contribution in [0.1, 0.15) is 13.2 Å². The van der Waals surface area contributed by atoms with E-state index in [4.69, 9.17) is 9.84 Å². The number of anilines is 1. The van der Waals surface area contributed by atoms with Crippen LogP contribution in [0.5, 0.6) is 0 Å². The molecule has 0 amide bonds. The fourth-order valence-corrected chi connectivity index (χ4v) is 3.15. The maximum atomic E-state index is 10.3. The molecule has 0 aromatic carbocycles. The molecule has 0 spiro atoms. The lowest BCUT2D eigenvalue weighted by Crippen LogP contribution is -2.33. The van der Waals surface area contributed by atoms with E-state index >= 15 is 0 Å². The molecule has 1 fully saturated rings. The highest BCUT2D eigenvalue weighted by Gasteiger charge is 2.44. The Balaban J connectivity index is 1.96. The number of nitrogens with one attached hydrogen (secondary N) is 1. The van der Waals surface area contributed by atoms with E-state index < -0.39 is 31.1 Å². The highest BCUT2D eigenvalue weighted by Crippen LogP contribution is 2.32. The van der Waals surface area contributed by atoms with Crippen molar-refractivity contribution in [1.29, 1.82) is 0 Å². The molecule has 1 aliphatic rings. The number of aliphatic hydroxyl groups is 4. The molecular formula is C16H23N5O5S. The summed E-state index contributed by atoms with van der Waals surface area (Å²) in [6, 6.07) is 0. The topological polar surface area (TPSA) is 146 Å². The van der Waals surface area contributed by atoms with Crippen LogP contribution in [0.15, 0.2) is 23.1 Å². The molecule has 3 rings (SSSR count). The van der Waals surface area contributed by atoms with Gasteiger partial charge in [0.2, 0.25) is 0 Å². The van der Waals surface area contributed by atoms with Gasteiger partial charge < -0.3 is 30.5 Å². The van der Waals surface area contributed by atoms with Crippen LogP contribution in [0.2, 0.25) is 0 Å². The molecule has 4 atom stereocenters. The number of hydrogen-bond acceptors (Lipinski definition) is 10. The van der Waals surface area contributed by atoms with Gasteiger partial charge in [-0.15, -0.1) is 0 Å². The monoisotopic (exact) mass is 397 g/mol. The predicted octanol–water partition coefficient (Wildman–Crippen LogP) is -0.490. The van der Waals surface area contributed by atoms with Gasteiger partial charge in [-0.1, -0.05) is 23.4 Å². The quantitative estimate of drug-likeness (QED) is 0.236. The first-order chi connectivity index (χ1) is 13.0. The molecule has 3 heterocycles. The van der Waals surface area contributed by atoms with E-state index in [9.17, 15) is 15.3 Å². The first kappa shape index (κ1) is 20.0. The maximum Gasteiger partial charge on any atom is 0.191 e. The highest BCUT2D eigenvalue weighted by atomic mass is 32.2. The van der Waals surface area contributed by atoms with Crippen molar-refractivity contribution < 1.29 is 25.2 Å². The van der Waals surface area contributed by atoms with E-state index in [1.807, 2.05) is 19.3 Å². The average Bonchev–Trinajstić information content (AvgIpc) is 3.22. The lowest BCUT2D eigenvalue weighted by Gasteiger charge is -2.17. The summed E-state index contributed by atoms with van der Waals surface area (Å²) < 4.78 is 7.10. The van der Waals surface area contributed by atoms with Crippen LogP contribution >= 0.6 is 11.8 Å². The number of fused-ring (bicyclic) bond motifs is 1. The minimum absolute atomic E-state index is 0.0171. The fraction of sp³-hybridized carbons (Fsp3) is 0.562. The summed E-state index contributed by atoms with van der Waals surface area (Å²) in [4.78, 5) is 13.2. The molecular weight excluding hydrogens is 374 g/mol. The van der Waals surface area contributed by atoms with E-state index in [1.54, 1.807) is 0 Å². The van der Waals surface area contributed by atoms with Crippen molar-refractivity contribution in [2.75, 3.05) is 31.3 Å². The smallest absolute Gasteiger partial charge is 0.191 e. The number of ether oxygens (including phenoxy) is 1. The lowest BCUT2D eigenvalue weighted by molar-refractivity contribution is -0.0511. The number of imidazole rings is 1. The minimum Gasteiger partial charge on any atom is -0.394 e. The molecule has 4 unspecified atom stereocenters. The molecule has 27 heavy (non-hydrogen) atoms. The molecule has 148 valence electrons. The van der Waals surface area contributed by atoms with Gasteiger partial charge in [0.05, 0.1) is 19.5 Å². The Kier molecular flexibility index (Phi) is 6.29. The highest BCUT2D eigenvalue weighted by molar-refractivity contribution is 7.98. The second-order valence-electron chi connectivity index (χ2n) is 6.20. The maximum absolute atomic E-state index is 10.3. The normalized spacial score (nSPS) is 26.1. The molecule has 5 N–H and O–H groups in total. The van der Waals surface area contributed by atoms with Crippen molar-refractivity contribution in [3.63, 3.8) is 0 Å². The zero-order valence-corrected chi connectivity index (χ0v) is 15.8. The SMILES string of the molecule is CSc1nc(NC/C=C(\C)CO)c2ncn(C3OC(CO)C(O)C3O)c2n1. The van der Waals surface area contributed by atoms with Crippen LogP contribution in [0.3, 0.4) is 0 Å². The van der Waals surface area contributed by atoms with Gasteiger partial charge in [0.15, 0.2) is 28.4 Å². The molecule has 11 heteroatoms. The standard InChI is InChI=1S/C16H23N5O5S/c1-8(5-22)3-4-17-13-10-14(20-16(19-13)27-2)21(7-18-10)15-12(25)11(24)9(6-23)26-15/h3,7,9,11-12,15,22-25H,4-6H2,1-2H3,(H,17,19,20)/b8-3+. The Labute approximate surface area is 159 Å². The van der Waals surface area contributed by atoms with E-state index in [2.05, 4.69) is 20.3 Å². The molecule has 2 aromatic heterocycles. The van der Waals surface area contributed by atoms with Crippen molar-refractivity contribution in [3.05, 3.63) is 18.0 Å². The summed E-state index contributed by atoms with van der Waals surface area (Å²) in [7, 11) is 0. The molecule has 0 bridgehead atoms. The number of aliphatic hydroxyl groups excluding tert-OH is 4. The third-order valence-electron chi connectivity index (χ3n) is 4.34. The van der Waals surface area contributed by atoms with E-state index in [-0.39, 0.29) is 6.61 Å². The van der Waals surface area contributed by atoms with Gasteiger partial charge in [0, 0.05) is 6.54 Å².